The van der Waals surface area contributed by atoms with Crippen molar-refractivity contribution in [3.63, 3.8) is 0 Å². The van der Waals surface area contributed by atoms with E-state index in [9.17, 15) is 13.2 Å². The zero-order valence-electron chi connectivity index (χ0n) is 20.6. The normalized spacial score (nSPS) is 11.3. The number of hydrazone groups is 1. The molecule has 0 aliphatic heterocycles. The summed E-state index contributed by atoms with van der Waals surface area (Å²) < 4.78 is 42.9. The highest BCUT2D eigenvalue weighted by Crippen LogP contribution is 2.37. The molecule has 0 heterocycles. The van der Waals surface area contributed by atoms with Crippen LogP contribution in [0.5, 0.6) is 17.2 Å². The molecule has 0 aliphatic carbocycles. The van der Waals surface area contributed by atoms with Crippen molar-refractivity contribution in [1.82, 2.24) is 5.43 Å². The maximum absolute atomic E-state index is 12.6. The molecule has 9 nitrogen and oxygen atoms in total. The lowest BCUT2D eigenvalue weighted by Gasteiger charge is -2.23. The number of rotatable bonds is 11. The predicted molar refractivity (Wildman–Crippen MR) is 152 cm³/mol. The Kier molecular flexibility index (Phi) is 10.3. The van der Waals surface area contributed by atoms with E-state index in [1.807, 2.05) is 12.1 Å². The van der Waals surface area contributed by atoms with Crippen molar-refractivity contribution in [1.29, 1.82) is 0 Å². The lowest BCUT2D eigenvalue weighted by molar-refractivity contribution is -0.119. The van der Waals surface area contributed by atoms with Crippen LogP contribution in [0.2, 0.25) is 10.0 Å². The van der Waals surface area contributed by atoms with Gasteiger partial charge in [-0.1, -0.05) is 35.3 Å². The van der Waals surface area contributed by atoms with Crippen LogP contribution in [0.3, 0.4) is 0 Å². The van der Waals surface area contributed by atoms with E-state index in [0.717, 1.165) is 16.1 Å². The van der Waals surface area contributed by atoms with Gasteiger partial charge in [-0.05, 0) is 69.5 Å². The molecule has 0 aromatic heterocycles. The Hall–Kier alpha value is -2.99. The molecule has 13 heteroatoms. The summed E-state index contributed by atoms with van der Waals surface area (Å²) in [6.45, 7) is -0.249. The molecule has 0 unspecified atom stereocenters. The van der Waals surface area contributed by atoms with Gasteiger partial charge in [0, 0.05) is 10.0 Å². The lowest BCUT2D eigenvalue weighted by atomic mass is 10.2. The van der Waals surface area contributed by atoms with E-state index >= 15 is 0 Å². The number of halogens is 3. The third-order valence-electron chi connectivity index (χ3n) is 5.05. The van der Waals surface area contributed by atoms with Gasteiger partial charge in [-0.15, -0.1) is 0 Å². The largest absolute Gasteiger partial charge is 0.495 e. The second-order valence-corrected chi connectivity index (χ2v) is 11.5. The van der Waals surface area contributed by atoms with Crippen LogP contribution in [0.4, 0.5) is 5.69 Å². The van der Waals surface area contributed by atoms with Crippen molar-refractivity contribution >= 4 is 67.0 Å². The number of nitrogens with zero attached hydrogens (tertiary/aromatic N) is 2. The molecule has 0 saturated carbocycles. The molecule has 0 aliphatic rings. The monoisotopic (exact) mass is 643 g/mol. The number of hydrogen-bond donors (Lipinski definition) is 1. The van der Waals surface area contributed by atoms with Crippen molar-refractivity contribution < 1.29 is 27.4 Å². The molecule has 0 saturated heterocycles. The Morgan fingerprint density at radius 1 is 1.03 bits per heavy atom. The van der Waals surface area contributed by atoms with Crippen LogP contribution >= 0.6 is 39.1 Å². The van der Waals surface area contributed by atoms with Crippen molar-refractivity contribution in [2.24, 2.45) is 5.10 Å². The van der Waals surface area contributed by atoms with Gasteiger partial charge in [-0.2, -0.15) is 5.10 Å². The van der Waals surface area contributed by atoms with Crippen LogP contribution < -0.4 is 23.9 Å². The first-order valence-corrected chi connectivity index (χ1v) is 14.3. The van der Waals surface area contributed by atoms with Crippen molar-refractivity contribution in [3.8, 4) is 17.2 Å². The quantitative estimate of drug-likeness (QED) is 0.225. The van der Waals surface area contributed by atoms with Gasteiger partial charge in [0.1, 0.15) is 18.9 Å². The summed E-state index contributed by atoms with van der Waals surface area (Å²) >= 11 is 15.4. The molecule has 1 amide bonds. The topological polar surface area (TPSA) is 107 Å². The maximum Gasteiger partial charge on any atom is 0.260 e. The second-order valence-electron chi connectivity index (χ2n) is 7.83. The highest BCUT2D eigenvalue weighted by molar-refractivity contribution is 9.10. The number of amides is 1. The Morgan fingerprint density at radius 3 is 2.32 bits per heavy atom. The molecule has 202 valence electrons. The molecule has 3 rings (SSSR count). The van der Waals surface area contributed by atoms with Crippen LogP contribution in [0, 0.1) is 0 Å². The SMILES string of the molecule is COc1ccc(Cl)cc1N(CC(=O)N/N=C\c1cc(Br)c(OCc2ccc(Cl)cc2)c(OC)c1)S(C)(=O)=O. The van der Waals surface area contributed by atoms with Gasteiger partial charge >= 0.3 is 0 Å². The fourth-order valence-corrected chi connectivity index (χ4v) is 4.99. The zero-order valence-corrected chi connectivity index (χ0v) is 24.5. The molecule has 0 radical (unpaired) electrons. The molecular weight excluding hydrogens is 621 g/mol. The Balaban J connectivity index is 1.71. The number of carbonyl (C=O) groups excluding carboxylic acids is 1. The minimum absolute atomic E-state index is 0.129. The third-order valence-corrected chi connectivity index (χ3v) is 7.25. The highest BCUT2D eigenvalue weighted by atomic mass is 79.9. The van der Waals surface area contributed by atoms with Gasteiger partial charge in [0.05, 0.1) is 36.9 Å². The summed E-state index contributed by atoms with van der Waals surface area (Å²) in [5, 5.41) is 4.87. The molecule has 3 aromatic carbocycles. The average molecular weight is 645 g/mol. The predicted octanol–water partition coefficient (Wildman–Crippen LogP) is 5.27. The number of anilines is 1. The first kappa shape index (κ1) is 29.6. The first-order valence-electron chi connectivity index (χ1n) is 10.9. The maximum atomic E-state index is 12.6. The third kappa shape index (κ3) is 8.00. The summed E-state index contributed by atoms with van der Waals surface area (Å²) in [6.07, 6.45) is 2.36. The van der Waals surface area contributed by atoms with Gasteiger partial charge in [0.2, 0.25) is 10.0 Å². The molecule has 0 bridgehead atoms. The zero-order chi connectivity index (χ0) is 27.9. The second kappa shape index (κ2) is 13.2. The number of carbonyl (C=O) groups is 1. The van der Waals surface area contributed by atoms with Crippen molar-refractivity contribution in [2.75, 3.05) is 31.3 Å². The van der Waals surface area contributed by atoms with Gasteiger partial charge in [0.15, 0.2) is 11.5 Å². The van der Waals surface area contributed by atoms with Gasteiger partial charge < -0.3 is 14.2 Å². The number of methoxy groups -OCH3 is 2. The van der Waals surface area contributed by atoms with Gasteiger partial charge in [-0.3, -0.25) is 9.10 Å². The first-order chi connectivity index (χ1) is 18.0. The number of sulfonamides is 1. The summed E-state index contributed by atoms with van der Waals surface area (Å²) in [6, 6.07) is 15.2. The van der Waals surface area contributed by atoms with Crippen LogP contribution in [0.1, 0.15) is 11.1 Å². The Bertz CT molecular complexity index is 1440. The van der Waals surface area contributed by atoms with E-state index < -0.39 is 22.5 Å². The van der Waals surface area contributed by atoms with Crippen LogP contribution in [-0.4, -0.2) is 47.6 Å². The fourth-order valence-electron chi connectivity index (χ4n) is 3.27. The van der Waals surface area contributed by atoms with E-state index in [2.05, 4.69) is 26.5 Å². The summed E-state index contributed by atoms with van der Waals surface area (Å²) in [4.78, 5) is 12.6. The summed E-state index contributed by atoms with van der Waals surface area (Å²) in [5.74, 6) is 0.495. The van der Waals surface area contributed by atoms with Crippen molar-refractivity contribution in [2.45, 2.75) is 6.61 Å². The van der Waals surface area contributed by atoms with Crippen LogP contribution in [0.25, 0.3) is 0 Å². The minimum atomic E-state index is -3.85. The molecule has 0 fully saturated rings. The van der Waals surface area contributed by atoms with Crippen LogP contribution in [0.15, 0.2) is 64.2 Å². The average Bonchev–Trinajstić information content (AvgIpc) is 2.86. The van der Waals surface area contributed by atoms with E-state index in [4.69, 9.17) is 37.4 Å². The van der Waals surface area contributed by atoms with E-state index in [-0.39, 0.29) is 16.5 Å². The number of ether oxygens (including phenoxy) is 3. The smallest absolute Gasteiger partial charge is 0.260 e. The standard InChI is InChI=1S/C25H24BrCl2N3O6S/c1-35-22-9-8-19(28)12-21(22)31(38(3,33)34)14-24(32)30-29-13-17-10-20(26)25(23(11-17)36-2)37-15-16-4-6-18(27)7-5-16/h4-13H,14-15H2,1-3H3,(H,30,32)/b29-13-. The summed E-state index contributed by atoms with van der Waals surface area (Å²) in [5.41, 5.74) is 3.97. The van der Waals surface area contributed by atoms with E-state index in [1.54, 1.807) is 30.3 Å². The highest BCUT2D eigenvalue weighted by Gasteiger charge is 2.24. The molecule has 0 spiro atoms. The van der Waals surface area contributed by atoms with Gasteiger partial charge in [-0.25, -0.2) is 13.8 Å². The van der Waals surface area contributed by atoms with E-state index in [0.29, 0.717) is 33.2 Å². The number of benzene rings is 3. The summed E-state index contributed by atoms with van der Waals surface area (Å²) in [7, 11) is -0.958. The number of hydrogen-bond acceptors (Lipinski definition) is 7. The van der Waals surface area contributed by atoms with Crippen LogP contribution in [-0.2, 0) is 21.4 Å². The molecule has 0 atom stereocenters. The minimum Gasteiger partial charge on any atom is -0.495 e. The lowest BCUT2D eigenvalue weighted by Crippen LogP contribution is -2.39. The number of nitrogens with one attached hydrogen (secondary N) is 1. The molecule has 1 N–H and O–H groups in total. The Morgan fingerprint density at radius 2 is 1.68 bits per heavy atom. The van der Waals surface area contributed by atoms with E-state index in [1.165, 1.54) is 32.6 Å². The Labute approximate surface area is 239 Å². The molecule has 3 aromatic rings. The molecule has 38 heavy (non-hydrogen) atoms. The van der Waals surface area contributed by atoms with Crippen molar-refractivity contribution in [3.05, 3.63) is 80.2 Å². The fraction of sp³-hybridized carbons (Fsp3) is 0.200. The van der Waals surface area contributed by atoms with Gasteiger partial charge in [0.25, 0.3) is 5.91 Å². The molecular formula is C25H24BrCl2N3O6S.